The van der Waals surface area contributed by atoms with Crippen molar-refractivity contribution in [2.24, 2.45) is 0 Å². The summed E-state index contributed by atoms with van der Waals surface area (Å²) in [6.45, 7) is 1.93. The van der Waals surface area contributed by atoms with Gasteiger partial charge in [0.15, 0.2) is 0 Å². The number of hydrogen-bond acceptors (Lipinski definition) is 4. The number of piperazine rings is 1. The van der Waals surface area contributed by atoms with Crippen LogP contribution in [0.4, 0.5) is 5.82 Å². The molecule has 1 unspecified atom stereocenters. The second kappa shape index (κ2) is 4.27. The standard InChI is InChI=1S/C10H13N3O2/c14-10(15)8-7-13(6-5-11-8)9-3-1-2-4-12-9/h1-4,8,11H,5-7H2,(H,14,15). The fourth-order valence-electron chi connectivity index (χ4n) is 1.66. The molecule has 2 N–H and O–H groups in total. The van der Waals surface area contributed by atoms with E-state index in [1.165, 1.54) is 0 Å². The normalized spacial score (nSPS) is 21.3. The number of carbonyl (C=O) groups is 1. The average molecular weight is 207 g/mol. The van der Waals surface area contributed by atoms with Gasteiger partial charge in [-0.3, -0.25) is 4.79 Å². The molecule has 1 aromatic rings. The van der Waals surface area contributed by atoms with Crippen molar-refractivity contribution in [3.05, 3.63) is 24.4 Å². The molecule has 1 fully saturated rings. The Morgan fingerprint density at radius 1 is 1.60 bits per heavy atom. The number of rotatable bonds is 2. The fourth-order valence-corrected chi connectivity index (χ4v) is 1.66. The van der Waals surface area contributed by atoms with Gasteiger partial charge in [0.1, 0.15) is 11.9 Å². The third-order valence-corrected chi connectivity index (χ3v) is 2.45. The molecule has 0 amide bonds. The van der Waals surface area contributed by atoms with Crippen LogP contribution < -0.4 is 10.2 Å². The first-order valence-corrected chi connectivity index (χ1v) is 4.89. The van der Waals surface area contributed by atoms with E-state index >= 15 is 0 Å². The largest absolute Gasteiger partial charge is 0.480 e. The SMILES string of the molecule is O=C(O)C1CN(c2ccccn2)CCN1. The molecule has 1 aliphatic rings. The number of hydrogen-bond donors (Lipinski definition) is 2. The molecule has 5 heteroatoms. The maximum atomic E-state index is 10.8. The van der Waals surface area contributed by atoms with Gasteiger partial charge in [0.25, 0.3) is 0 Å². The first-order valence-electron chi connectivity index (χ1n) is 4.89. The lowest BCUT2D eigenvalue weighted by Gasteiger charge is -2.32. The van der Waals surface area contributed by atoms with Gasteiger partial charge in [-0.05, 0) is 12.1 Å². The van der Waals surface area contributed by atoms with E-state index in [-0.39, 0.29) is 0 Å². The quantitative estimate of drug-likeness (QED) is 0.711. The molecule has 80 valence electrons. The number of nitrogens with one attached hydrogen (secondary N) is 1. The van der Waals surface area contributed by atoms with Crippen molar-refractivity contribution in [3.63, 3.8) is 0 Å². The Morgan fingerprint density at radius 2 is 2.47 bits per heavy atom. The molecule has 0 aromatic carbocycles. The summed E-state index contributed by atoms with van der Waals surface area (Å²) >= 11 is 0. The molecular weight excluding hydrogens is 194 g/mol. The molecule has 15 heavy (non-hydrogen) atoms. The van der Waals surface area contributed by atoms with Gasteiger partial charge >= 0.3 is 5.97 Å². The van der Waals surface area contributed by atoms with Crippen molar-refractivity contribution in [3.8, 4) is 0 Å². The number of carboxylic acids is 1. The molecule has 0 spiro atoms. The Hall–Kier alpha value is -1.62. The Morgan fingerprint density at radius 3 is 3.13 bits per heavy atom. The minimum Gasteiger partial charge on any atom is -0.480 e. The average Bonchev–Trinajstić information content (AvgIpc) is 2.30. The number of anilines is 1. The van der Waals surface area contributed by atoms with Gasteiger partial charge in [-0.1, -0.05) is 6.07 Å². The van der Waals surface area contributed by atoms with Crippen molar-refractivity contribution in [1.82, 2.24) is 10.3 Å². The summed E-state index contributed by atoms with van der Waals surface area (Å²) in [6, 6.07) is 5.14. The van der Waals surface area contributed by atoms with Crippen LogP contribution in [0.2, 0.25) is 0 Å². The van der Waals surface area contributed by atoms with E-state index < -0.39 is 12.0 Å². The van der Waals surface area contributed by atoms with Crippen LogP contribution in [0.15, 0.2) is 24.4 Å². The fraction of sp³-hybridized carbons (Fsp3) is 0.400. The second-order valence-electron chi connectivity index (χ2n) is 3.48. The lowest BCUT2D eigenvalue weighted by molar-refractivity contribution is -0.139. The molecule has 5 nitrogen and oxygen atoms in total. The molecule has 1 saturated heterocycles. The van der Waals surface area contributed by atoms with Crippen molar-refractivity contribution < 1.29 is 9.90 Å². The predicted molar refractivity (Wildman–Crippen MR) is 55.9 cm³/mol. The van der Waals surface area contributed by atoms with E-state index in [9.17, 15) is 4.79 Å². The summed E-state index contributed by atoms with van der Waals surface area (Å²) in [5.74, 6) is 0.0286. The van der Waals surface area contributed by atoms with Gasteiger partial charge in [-0.2, -0.15) is 0 Å². The topological polar surface area (TPSA) is 65.5 Å². The maximum absolute atomic E-state index is 10.8. The molecule has 0 radical (unpaired) electrons. The first-order chi connectivity index (χ1) is 7.27. The minimum absolute atomic E-state index is 0.465. The van der Waals surface area contributed by atoms with E-state index in [0.29, 0.717) is 13.1 Å². The molecule has 1 aliphatic heterocycles. The van der Waals surface area contributed by atoms with Crippen molar-refractivity contribution in [1.29, 1.82) is 0 Å². The van der Waals surface area contributed by atoms with Crippen LogP contribution >= 0.6 is 0 Å². The van der Waals surface area contributed by atoms with E-state index in [1.54, 1.807) is 6.20 Å². The summed E-state index contributed by atoms with van der Waals surface area (Å²) in [4.78, 5) is 17.0. The zero-order valence-corrected chi connectivity index (χ0v) is 8.26. The number of nitrogens with zero attached hydrogens (tertiary/aromatic N) is 2. The molecular formula is C10H13N3O2. The van der Waals surface area contributed by atoms with E-state index in [1.807, 2.05) is 23.1 Å². The zero-order chi connectivity index (χ0) is 10.7. The maximum Gasteiger partial charge on any atom is 0.322 e. The highest BCUT2D eigenvalue weighted by atomic mass is 16.4. The summed E-state index contributed by atoms with van der Waals surface area (Å²) < 4.78 is 0. The third kappa shape index (κ3) is 2.24. The lowest BCUT2D eigenvalue weighted by Crippen LogP contribution is -2.54. The Labute approximate surface area is 87.7 Å². The van der Waals surface area contributed by atoms with Crippen LogP contribution in [-0.4, -0.2) is 41.7 Å². The summed E-state index contributed by atoms with van der Waals surface area (Å²) in [7, 11) is 0. The van der Waals surface area contributed by atoms with Gasteiger partial charge in [0, 0.05) is 25.8 Å². The van der Waals surface area contributed by atoms with Gasteiger partial charge < -0.3 is 15.3 Å². The Kier molecular flexibility index (Phi) is 2.82. The van der Waals surface area contributed by atoms with Crippen LogP contribution in [0.3, 0.4) is 0 Å². The van der Waals surface area contributed by atoms with Crippen LogP contribution in [0, 0.1) is 0 Å². The lowest BCUT2D eigenvalue weighted by atomic mass is 10.2. The minimum atomic E-state index is -0.810. The van der Waals surface area contributed by atoms with Crippen LogP contribution in [0.5, 0.6) is 0 Å². The number of pyridine rings is 1. The van der Waals surface area contributed by atoms with E-state index in [4.69, 9.17) is 5.11 Å². The highest BCUT2D eigenvalue weighted by Crippen LogP contribution is 2.11. The second-order valence-corrected chi connectivity index (χ2v) is 3.48. The van der Waals surface area contributed by atoms with Crippen molar-refractivity contribution in [2.45, 2.75) is 6.04 Å². The molecule has 0 saturated carbocycles. The van der Waals surface area contributed by atoms with Gasteiger partial charge in [-0.15, -0.1) is 0 Å². The van der Waals surface area contributed by atoms with Crippen LogP contribution in [0.25, 0.3) is 0 Å². The van der Waals surface area contributed by atoms with Gasteiger partial charge in [0.2, 0.25) is 0 Å². The molecule has 2 rings (SSSR count). The number of aliphatic carboxylic acids is 1. The van der Waals surface area contributed by atoms with Crippen LogP contribution in [0.1, 0.15) is 0 Å². The highest BCUT2D eigenvalue weighted by Gasteiger charge is 2.25. The first kappa shape index (κ1) is 9.92. The molecule has 0 aliphatic carbocycles. The molecule has 2 heterocycles. The summed E-state index contributed by atoms with van der Waals surface area (Å²) in [5.41, 5.74) is 0. The smallest absolute Gasteiger partial charge is 0.322 e. The van der Waals surface area contributed by atoms with Gasteiger partial charge in [-0.25, -0.2) is 4.98 Å². The summed E-state index contributed by atoms with van der Waals surface area (Å²) in [5, 5.41) is 11.8. The van der Waals surface area contributed by atoms with Crippen molar-refractivity contribution >= 4 is 11.8 Å². The zero-order valence-electron chi connectivity index (χ0n) is 8.26. The third-order valence-electron chi connectivity index (χ3n) is 2.45. The molecule has 1 aromatic heterocycles. The monoisotopic (exact) mass is 207 g/mol. The van der Waals surface area contributed by atoms with Gasteiger partial charge in [0.05, 0.1) is 0 Å². The van der Waals surface area contributed by atoms with Crippen molar-refractivity contribution in [2.75, 3.05) is 24.5 Å². The number of carboxylic acid groups (broad SMARTS) is 1. The molecule has 1 atom stereocenters. The van der Waals surface area contributed by atoms with E-state index in [0.717, 1.165) is 12.4 Å². The number of aromatic nitrogens is 1. The highest BCUT2D eigenvalue weighted by molar-refractivity contribution is 5.74. The van der Waals surface area contributed by atoms with Crippen LogP contribution in [-0.2, 0) is 4.79 Å². The summed E-state index contributed by atoms with van der Waals surface area (Å²) in [6.07, 6.45) is 1.72. The Bertz CT molecular complexity index is 342. The van der Waals surface area contributed by atoms with E-state index in [2.05, 4.69) is 10.3 Å². The molecule has 0 bridgehead atoms. The predicted octanol–water partition coefficient (Wildman–Crippen LogP) is -0.0556. The Balaban J connectivity index is 2.08.